The van der Waals surface area contributed by atoms with Crippen molar-refractivity contribution in [2.75, 3.05) is 0 Å². The van der Waals surface area contributed by atoms with Gasteiger partial charge < -0.3 is 4.57 Å². The van der Waals surface area contributed by atoms with Crippen LogP contribution in [0.3, 0.4) is 0 Å². The summed E-state index contributed by atoms with van der Waals surface area (Å²) in [6.07, 6.45) is 4.00. The number of benzene rings is 3. The fraction of sp³-hybridized carbons (Fsp3) is 0.0417. The maximum absolute atomic E-state index is 9.74. The van der Waals surface area contributed by atoms with Crippen LogP contribution in [0, 0.1) is 14.9 Å². The van der Waals surface area contributed by atoms with Crippen molar-refractivity contribution in [1.82, 2.24) is 4.57 Å². The van der Waals surface area contributed by atoms with Crippen LogP contribution in [0.2, 0.25) is 10.0 Å². The van der Waals surface area contributed by atoms with E-state index in [4.69, 9.17) is 23.2 Å². The van der Waals surface area contributed by atoms with Crippen LogP contribution in [-0.2, 0) is 6.54 Å². The number of rotatable bonds is 4. The fourth-order valence-corrected chi connectivity index (χ4v) is 3.96. The van der Waals surface area contributed by atoms with Crippen molar-refractivity contribution in [3.05, 3.63) is 103 Å². The molecule has 5 heteroatoms. The number of hydrogen-bond acceptors (Lipinski definition) is 1. The number of nitrogens with zero attached hydrogens (tertiary/aromatic N) is 2. The number of allylic oxidation sites excluding steroid dienone is 1. The molecule has 0 fully saturated rings. The Kier molecular flexibility index (Phi) is 5.96. The van der Waals surface area contributed by atoms with Crippen molar-refractivity contribution in [3.63, 3.8) is 0 Å². The average molecular weight is 529 g/mol. The number of nitriles is 1. The van der Waals surface area contributed by atoms with Crippen molar-refractivity contribution in [3.8, 4) is 6.07 Å². The van der Waals surface area contributed by atoms with Crippen LogP contribution in [-0.4, -0.2) is 4.57 Å². The van der Waals surface area contributed by atoms with E-state index < -0.39 is 0 Å². The van der Waals surface area contributed by atoms with E-state index >= 15 is 0 Å². The molecule has 1 aromatic heterocycles. The smallest absolute Gasteiger partial charge is 0.0998 e. The minimum Gasteiger partial charge on any atom is -0.342 e. The van der Waals surface area contributed by atoms with Crippen LogP contribution in [0.15, 0.2) is 72.9 Å². The fourth-order valence-electron chi connectivity index (χ4n) is 3.31. The van der Waals surface area contributed by atoms with E-state index in [9.17, 15) is 5.26 Å². The number of halogens is 3. The molecular formula is C24H15Cl2IN2. The lowest BCUT2D eigenvalue weighted by molar-refractivity contribution is 0.836. The molecule has 0 aliphatic carbocycles. The highest BCUT2D eigenvalue weighted by atomic mass is 127. The van der Waals surface area contributed by atoms with Gasteiger partial charge in [-0.15, -0.1) is 0 Å². The highest BCUT2D eigenvalue weighted by molar-refractivity contribution is 14.1. The molecule has 29 heavy (non-hydrogen) atoms. The first-order valence-corrected chi connectivity index (χ1v) is 10.8. The standard InChI is InChI=1S/C24H15Cl2IN2/c25-22-10-7-17(12-23(22)26)18(13-28)11-19-15-29(24-4-2-1-3-21(19)24)14-16-5-8-20(27)9-6-16/h1-12,15H,14H2/b18-11+. The monoisotopic (exact) mass is 528 g/mol. The molecule has 0 atom stereocenters. The molecule has 0 N–H and O–H groups in total. The summed E-state index contributed by atoms with van der Waals surface area (Å²) in [6, 6.07) is 24.3. The summed E-state index contributed by atoms with van der Waals surface area (Å²) >= 11 is 14.5. The lowest BCUT2D eigenvalue weighted by Crippen LogP contribution is -1.97. The minimum atomic E-state index is 0.437. The van der Waals surface area contributed by atoms with Gasteiger partial charge in [0.15, 0.2) is 0 Å². The predicted molar refractivity (Wildman–Crippen MR) is 130 cm³/mol. The second-order valence-electron chi connectivity index (χ2n) is 6.65. The third-order valence-corrected chi connectivity index (χ3v) is 6.19. The van der Waals surface area contributed by atoms with Gasteiger partial charge in [0.05, 0.1) is 21.7 Å². The SMILES string of the molecule is N#C/C(=C\c1cn(Cc2ccc(I)cc2)c2ccccc12)c1ccc(Cl)c(Cl)c1. The lowest BCUT2D eigenvalue weighted by Gasteiger charge is -2.05. The predicted octanol–water partition coefficient (Wildman–Crippen LogP) is 7.67. The Morgan fingerprint density at radius 3 is 2.48 bits per heavy atom. The van der Waals surface area contributed by atoms with Gasteiger partial charge in [0.2, 0.25) is 0 Å². The van der Waals surface area contributed by atoms with Gasteiger partial charge in [-0.2, -0.15) is 5.26 Å². The molecule has 0 aliphatic heterocycles. The van der Waals surface area contributed by atoms with Gasteiger partial charge in [0.1, 0.15) is 0 Å². The second-order valence-corrected chi connectivity index (χ2v) is 8.71. The van der Waals surface area contributed by atoms with E-state index in [0.29, 0.717) is 15.6 Å². The lowest BCUT2D eigenvalue weighted by atomic mass is 10.0. The van der Waals surface area contributed by atoms with Gasteiger partial charge in [0.25, 0.3) is 0 Å². The highest BCUT2D eigenvalue weighted by Gasteiger charge is 2.10. The molecule has 0 unspecified atom stereocenters. The zero-order valence-corrected chi connectivity index (χ0v) is 18.9. The maximum Gasteiger partial charge on any atom is 0.0998 e. The quantitative estimate of drug-likeness (QED) is 0.197. The Labute approximate surface area is 193 Å². The average Bonchev–Trinajstić information content (AvgIpc) is 3.07. The van der Waals surface area contributed by atoms with Crippen LogP contribution in [0.1, 0.15) is 16.7 Å². The first-order chi connectivity index (χ1) is 14.0. The molecule has 0 bridgehead atoms. The Hall–Kier alpha value is -2.26. The number of para-hydroxylation sites is 1. The summed E-state index contributed by atoms with van der Waals surface area (Å²) in [7, 11) is 0. The molecule has 0 amide bonds. The summed E-state index contributed by atoms with van der Waals surface area (Å²) in [6.45, 7) is 0.764. The van der Waals surface area contributed by atoms with Gasteiger partial charge in [-0.25, -0.2) is 0 Å². The molecule has 1 heterocycles. The largest absolute Gasteiger partial charge is 0.342 e. The van der Waals surface area contributed by atoms with Crippen molar-refractivity contribution < 1.29 is 0 Å². The van der Waals surface area contributed by atoms with Gasteiger partial charge in [-0.1, -0.05) is 59.6 Å². The molecule has 4 rings (SSSR count). The van der Waals surface area contributed by atoms with Crippen LogP contribution in [0.4, 0.5) is 0 Å². The third-order valence-electron chi connectivity index (χ3n) is 4.74. The Morgan fingerprint density at radius 2 is 1.76 bits per heavy atom. The number of fused-ring (bicyclic) bond motifs is 1. The first kappa shape index (κ1) is 20.0. The third kappa shape index (κ3) is 4.35. The van der Waals surface area contributed by atoms with E-state index in [-0.39, 0.29) is 0 Å². The highest BCUT2D eigenvalue weighted by Crippen LogP contribution is 2.30. The van der Waals surface area contributed by atoms with Gasteiger partial charge in [-0.3, -0.25) is 0 Å². The van der Waals surface area contributed by atoms with E-state index in [1.54, 1.807) is 12.1 Å². The topological polar surface area (TPSA) is 28.7 Å². The van der Waals surface area contributed by atoms with Crippen molar-refractivity contribution >= 4 is 68.3 Å². The Morgan fingerprint density at radius 1 is 1.00 bits per heavy atom. The summed E-state index contributed by atoms with van der Waals surface area (Å²) in [4.78, 5) is 0. The molecule has 0 saturated carbocycles. The van der Waals surface area contributed by atoms with Crippen LogP contribution in [0.5, 0.6) is 0 Å². The van der Waals surface area contributed by atoms with Gasteiger partial charge in [0, 0.05) is 32.8 Å². The maximum atomic E-state index is 9.74. The van der Waals surface area contributed by atoms with Crippen LogP contribution >= 0.6 is 45.8 Å². The van der Waals surface area contributed by atoms with Gasteiger partial charge in [-0.05, 0) is 70.1 Å². The number of hydrogen-bond donors (Lipinski definition) is 0. The molecular weight excluding hydrogens is 514 g/mol. The van der Waals surface area contributed by atoms with E-state index in [1.807, 2.05) is 24.3 Å². The molecule has 3 aromatic carbocycles. The molecule has 0 spiro atoms. The summed E-state index contributed by atoms with van der Waals surface area (Å²) in [5.41, 5.74) is 4.64. The molecule has 2 nitrogen and oxygen atoms in total. The van der Waals surface area contributed by atoms with Crippen LogP contribution < -0.4 is 0 Å². The molecule has 142 valence electrons. The van der Waals surface area contributed by atoms with Crippen molar-refractivity contribution in [2.45, 2.75) is 6.54 Å². The first-order valence-electron chi connectivity index (χ1n) is 8.94. The summed E-state index contributed by atoms with van der Waals surface area (Å²) < 4.78 is 3.43. The molecule has 0 saturated heterocycles. The van der Waals surface area contributed by atoms with Crippen molar-refractivity contribution in [2.24, 2.45) is 0 Å². The molecule has 4 aromatic rings. The number of aromatic nitrogens is 1. The van der Waals surface area contributed by atoms with Crippen molar-refractivity contribution in [1.29, 1.82) is 5.26 Å². The molecule has 0 aliphatic rings. The second kappa shape index (κ2) is 8.62. The minimum absolute atomic E-state index is 0.437. The van der Waals surface area contributed by atoms with Gasteiger partial charge >= 0.3 is 0 Å². The molecule has 0 radical (unpaired) electrons. The summed E-state index contributed by atoms with van der Waals surface area (Å²) in [5.74, 6) is 0. The Balaban J connectivity index is 1.79. The summed E-state index contributed by atoms with van der Waals surface area (Å²) in [5, 5.41) is 11.8. The van der Waals surface area contributed by atoms with E-state index in [1.165, 1.54) is 9.13 Å². The zero-order chi connectivity index (χ0) is 20.4. The normalized spacial score (nSPS) is 11.6. The van der Waals surface area contributed by atoms with E-state index in [2.05, 4.69) is 75.8 Å². The van der Waals surface area contributed by atoms with Crippen LogP contribution in [0.25, 0.3) is 22.6 Å². The Bertz CT molecular complexity index is 1260. The zero-order valence-electron chi connectivity index (χ0n) is 15.2. The van der Waals surface area contributed by atoms with E-state index in [0.717, 1.165) is 28.6 Å².